The van der Waals surface area contributed by atoms with E-state index < -0.39 is 12.4 Å². The number of rotatable bonds is 6. The molecule has 7 nitrogen and oxygen atoms in total. The third-order valence-corrected chi connectivity index (χ3v) is 6.02. The molecule has 2 aliphatic rings. The number of piperazine rings is 1. The molecule has 0 atom stereocenters. The van der Waals surface area contributed by atoms with Gasteiger partial charge >= 0.3 is 6.55 Å². The molecule has 2 fully saturated rings. The van der Waals surface area contributed by atoms with Gasteiger partial charge in [-0.05, 0) is 44.2 Å². The summed E-state index contributed by atoms with van der Waals surface area (Å²) in [6, 6.07) is 5.99. The van der Waals surface area contributed by atoms with Crippen LogP contribution in [0.25, 0.3) is 0 Å². The average molecular weight is 448 g/mol. The zero-order chi connectivity index (χ0) is 22.7. The molecule has 2 aromatic rings. The van der Waals surface area contributed by atoms with Crippen LogP contribution in [-0.2, 0) is 0 Å². The number of hydrogen-bond donors (Lipinski definition) is 1. The van der Waals surface area contributed by atoms with E-state index in [-0.39, 0.29) is 29.4 Å². The van der Waals surface area contributed by atoms with Crippen molar-refractivity contribution in [3.63, 3.8) is 0 Å². The van der Waals surface area contributed by atoms with Crippen LogP contribution in [0, 0.1) is 5.82 Å². The fraction of sp³-hybridized carbons (Fsp3) is 0.500. The van der Waals surface area contributed by atoms with Gasteiger partial charge in [0.25, 0.3) is 5.91 Å². The Kier molecular flexibility index (Phi) is 6.78. The lowest BCUT2D eigenvalue weighted by Crippen LogP contribution is -2.47. The molecule has 1 aromatic carbocycles. The molecule has 1 saturated heterocycles. The number of nitrogens with one attached hydrogen (secondary N) is 1. The van der Waals surface area contributed by atoms with Crippen LogP contribution in [0.4, 0.5) is 30.6 Å². The van der Waals surface area contributed by atoms with Gasteiger partial charge < -0.3 is 15.1 Å². The quantitative estimate of drug-likeness (QED) is 0.680. The number of amides is 1. The minimum atomic E-state index is -2.95. The number of carbonyl (C=O) groups excluding carboxylic acids is 1. The van der Waals surface area contributed by atoms with E-state index in [0.717, 1.165) is 45.0 Å². The highest BCUT2D eigenvalue weighted by Gasteiger charge is 2.26. The van der Waals surface area contributed by atoms with Crippen molar-refractivity contribution in [1.29, 1.82) is 0 Å². The van der Waals surface area contributed by atoms with E-state index in [4.69, 9.17) is 0 Å². The molecule has 10 heteroatoms. The maximum atomic E-state index is 14.2. The van der Waals surface area contributed by atoms with Crippen molar-refractivity contribution in [2.45, 2.75) is 38.3 Å². The molecule has 1 aromatic heterocycles. The molecule has 32 heavy (non-hydrogen) atoms. The van der Waals surface area contributed by atoms with Gasteiger partial charge in [-0.2, -0.15) is 13.8 Å². The first-order valence-electron chi connectivity index (χ1n) is 10.9. The maximum Gasteiger partial charge on any atom is 0.321 e. The van der Waals surface area contributed by atoms with E-state index >= 15 is 0 Å². The number of aromatic nitrogens is 2. The Balaban J connectivity index is 1.53. The summed E-state index contributed by atoms with van der Waals surface area (Å²) in [5, 5.41) is 3.01. The SMILES string of the molecule is CN1CCN(C(=O)c2ccc(N(c3ncc(F)c(NC4CCCC4)n3)C(F)F)cc2)CC1. The smallest absolute Gasteiger partial charge is 0.321 e. The highest BCUT2D eigenvalue weighted by molar-refractivity contribution is 5.94. The number of alkyl halides is 2. The van der Waals surface area contributed by atoms with Crippen LogP contribution in [0.5, 0.6) is 0 Å². The van der Waals surface area contributed by atoms with Gasteiger partial charge in [-0.1, -0.05) is 12.8 Å². The fourth-order valence-electron chi connectivity index (χ4n) is 4.11. The van der Waals surface area contributed by atoms with Crippen molar-refractivity contribution in [1.82, 2.24) is 19.8 Å². The Morgan fingerprint density at radius 1 is 1.12 bits per heavy atom. The number of halogens is 3. The molecule has 1 saturated carbocycles. The Hall–Kier alpha value is -2.88. The predicted molar refractivity (Wildman–Crippen MR) is 116 cm³/mol. The van der Waals surface area contributed by atoms with Crippen LogP contribution in [0.2, 0.25) is 0 Å². The molecule has 1 aliphatic carbocycles. The fourth-order valence-corrected chi connectivity index (χ4v) is 4.11. The van der Waals surface area contributed by atoms with Gasteiger partial charge in [-0.15, -0.1) is 0 Å². The molecule has 0 bridgehead atoms. The number of hydrogen-bond acceptors (Lipinski definition) is 6. The van der Waals surface area contributed by atoms with Crippen LogP contribution in [0.1, 0.15) is 36.0 Å². The van der Waals surface area contributed by atoms with Crippen molar-refractivity contribution in [2.24, 2.45) is 0 Å². The number of nitrogens with zero attached hydrogens (tertiary/aromatic N) is 5. The van der Waals surface area contributed by atoms with Crippen LogP contribution in [0.15, 0.2) is 30.5 Å². The molecule has 0 radical (unpaired) electrons. The molecule has 1 aliphatic heterocycles. The number of carbonyl (C=O) groups is 1. The largest absolute Gasteiger partial charge is 0.365 e. The molecule has 0 spiro atoms. The van der Waals surface area contributed by atoms with Crippen LogP contribution in [-0.4, -0.2) is 71.5 Å². The molecule has 1 amide bonds. The van der Waals surface area contributed by atoms with Gasteiger partial charge in [-0.3, -0.25) is 9.69 Å². The second kappa shape index (κ2) is 9.72. The van der Waals surface area contributed by atoms with E-state index in [2.05, 4.69) is 20.2 Å². The van der Waals surface area contributed by atoms with Crippen LogP contribution in [0.3, 0.4) is 0 Å². The Labute approximate surface area is 185 Å². The first-order chi connectivity index (χ1) is 15.4. The van der Waals surface area contributed by atoms with Gasteiger partial charge in [0.1, 0.15) is 0 Å². The lowest BCUT2D eigenvalue weighted by atomic mass is 10.1. The molecule has 4 rings (SSSR count). The summed E-state index contributed by atoms with van der Waals surface area (Å²) in [5.41, 5.74) is 0.546. The van der Waals surface area contributed by atoms with Gasteiger partial charge in [0.2, 0.25) is 5.95 Å². The Morgan fingerprint density at radius 2 is 1.78 bits per heavy atom. The molecule has 2 heterocycles. The topological polar surface area (TPSA) is 64.6 Å². The number of anilines is 3. The predicted octanol–water partition coefficient (Wildman–Crippen LogP) is 3.72. The standard InChI is InChI=1S/C22H27F3N6O/c1-29-10-12-30(13-11-29)20(32)15-6-8-17(9-7-15)31(21(24)25)22-26-14-18(23)19(28-22)27-16-4-2-3-5-16/h6-9,14,16,21H,2-5,10-13H2,1H3,(H,26,27,28). The summed E-state index contributed by atoms with van der Waals surface area (Å²) in [6.45, 7) is -0.107. The van der Waals surface area contributed by atoms with Crippen LogP contribution < -0.4 is 10.2 Å². The second-order valence-corrected chi connectivity index (χ2v) is 8.28. The summed E-state index contributed by atoms with van der Waals surface area (Å²) in [5.74, 6) is -1.19. The summed E-state index contributed by atoms with van der Waals surface area (Å²) in [7, 11) is 2.00. The van der Waals surface area contributed by atoms with Gasteiger partial charge in [0.05, 0.1) is 6.20 Å². The molecule has 0 unspecified atom stereocenters. The van der Waals surface area contributed by atoms with Crippen molar-refractivity contribution < 1.29 is 18.0 Å². The highest BCUT2D eigenvalue weighted by atomic mass is 19.3. The maximum absolute atomic E-state index is 14.2. The molecule has 1 N–H and O–H groups in total. The Bertz CT molecular complexity index is 928. The summed E-state index contributed by atoms with van der Waals surface area (Å²) in [6.07, 6.45) is 4.76. The molecule has 172 valence electrons. The highest BCUT2D eigenvalue weighted by Crippen LogP contribution is 2.29. The van der Waals surface area contributed by atoms with Gasteiger partial charge in [0, 0.05) is 43.5 Å². The second-order valence-electron chi connectivity index (χ2n) is 8.28. The molecular weight excluding hydrogens is 421 g/mol. The lowest BCUT2D eigenvalue weighted by molar-refractivity contribution is 0.0664. The van der Waals surface area contributed by atoms with Gasteiger partial charge in [0.15, 0.2) is 11.6 Å². The van der Waals surface area contributed by atoms with Crippen LogP contribution >= 0.6 is 0 Å². The first-order valence-corrected chi connectivity index (χ1v) is 10.9. The van der Waals surface area contributed by atoms with Crippen molar-refractivity contribution in [3.05, 3.63) is 41.8 Å². The van der Waals surface area contributed by atoms with Crippen molar-refractivity contribution in [3.8, 4) is 0 Å². The minimum absolute atomic E-state index is 0.0746. The van der Waals surface area contributed by atoms with E-state index in [1.54, 1.807) is 4.90 Å². The third-order valence-electron chi connectivity index (χ3n) is 6.02. The minimum Gasteiger partial charge on any atom is -0.365 e. The summed E-state index contributed by atoms with van der Waals surface area (Å²) in [4.78, 5) is 25.1. The van der Waals surface area contributed by atoms with E-state index in [1.165, 1.54) is 24.3 Å². The Morgan fingerprint density at radius 3 is 2.41 bits per heavy atom. The summed E-state index contributed by atoms with van der Waals surface area (Å²) >= 11 is 0. The van der Waals surface area contributed by atoms with Crippen molar-refractivity contribution in [2.75, 3.05) is 43.4 Å². The third kappa shape index (κ3) is 4.95. The zero-order valence-electron chi connectivity index (χ0n) is 18.0. The summed E-state index contributed by atoms with van der Waals surface area (Å²) < 4.78 is 42.1. The zero-order valence-corrected chi connectivity index (χ0v) is 18.0. The monoisotopic (exact) mass is 448 g/mol. The number of likely N-dealkylation sites (N-methyl/N-ethyl adjacent to an activating group) is 1. The first kappa shape index (κ1) is 22.3. The molecular formula is C22H27F3N6O. The lowest BCUT2D eigenvalue weighted by Gasteiger charge is -2.32. The average Bonchev–Trinajstić information content (AvgIpc) is 3.29. The van der Waals surface area contributed by atoms with Crippen molar-refractivity contribution >= 4 is 23.4 Å². The van der Waals surface area contributed by atoms with E-state index in [1.807, 2.05) is 7.05 Å². The van der Waals surface area contributed by atoms with E-state index in [0.29, 0.717) is 23.6 Å². The van der Waals surface area contributed by atoms with Gasteiger partial charge in [-0.25, -0.2) is 9.37 Å². The normalized spacial score (nSPS) is 17.7. The van der Waals surface area contributed by atoms with E-state index in [9.17, 15) is 18.0 Å². The number of benzene rings is 1.